The maximum absolute atomic E-state index is 11.3. The van der Waals surface area contributed by atoms with Crippen LogP contribution in [0.4, 0.5) is 5.82 Å². The van der Waals surface area contributed by atoms with E-state index in [1.807, 2.05) is 31.0 Å². The Morgan fingerprint density at radius 1 is 1.53 bits per heavy atom. The van der Waals surface area contributed by atoms with E-state index in [0.29, 0.717) is 24.6 Å². The highest BCUT2D eigenvalue weighted by atomic mass is 32.1. The van der Waals surface area contributed by atoms with Gasteiger partial charge in [0.05, 0.1) is 13.0 Å². The molecule has 0 bridgehead atoms. The summed E-state index contributed by atoms with van der Waals surface area (Å²) in [6.45, 7) is 4.60. The van der Waals surface area contributed by atoms with Crippen LogP contribution in [0, 0.1) is 6.92 Å². The molecule has 104 valence electrons. The van der Waals surface area contributed by atoms with Crippen molar-refractivity contribution in [2.24, 2.45) is 5.73 Å². The molecule has 0 amide bonds. The van der Waals surface area contributed by atoms with Crippen molar-refractivity contribution in [1.29, 1.82) is 0 Å². The molecule has 0 spiro atoms. The fourth-order valence-electron chi connectivity index (χ4n) is 1.60. The molecule has 0 saturated heterocycles. The van der Waals surface area contributed by atoms with Crippen LogP contribution in [0.25, 0.3) is 0 Å². The Balaban J connectivity index is 2.73. The molecular weight excluding hydrogens is 262 g/mol. The smallest absolute Gasteiger partial charge is 0.307 e. The molecule has 0 radical (unpaired) electrons. The molecule has 0 unspecified atom stereocenters. The third-order valence-electron chi connectivity index (χ3n) is 2.57. The quantitative estimate of drug-likeness (QED) is 0.628. The third kappa shape index (κ3) is 4.82. The molecule has 2 N–H and O–H groups in total. The molecular formula is C13H19N3O2S. The number of ether oxygens (including phenoxy) is 1. The van der Waals surface area contributed by atoms with Gasteiger partial charge in [-0.2, -0.15) is 0 Å². The number of nitrogens with zero attached hydrogens (tertiary/aromatic N) is 2. The predicted molar refractivity (Wildman–Crippen MR) is 79.4 cm³/mol. The molecule has 0 fully saturated rings. The summed E-state index contributed by atoms with van der Waals surface area (Å²) in [6, 6.07) is 3.66. The van der Waals surface area contributed by atoms with Gasteiger partial charge in [0.1, 0.15) is 10.8 Å². The second-order valence-electron chi connectivity index (χ2n) is 4.20. The van der Waals surface area contributed by atoms with E-state index in [9.17, 15) is 4.79 Å². The van der Waals surface area contributed by atoms with Crippen molar-refractivity contribution < 1.29 is 9.53 Å². The minimum absolute atomic E-state index is 0.212. The van der Waals surface area contributed by atoms with Crippen LogP contribution >= 0.6 is 12.2 Å². The lowest BCUT2D eigenvalue weighted by atomic mass is 10.2. The summed E-state index contributed by atoms with van der Waals surface area (Å²) in [4.78, 5) is 17.9. The first-order valence-electron chi connectivity index (χ1n) is 6.09. The van der Waals surface area contributed by atoms with Gasteiger partial charge in [0.25, 0.3) is 0 Å². The number of thiocarbonyl (C=S) groups is 1. The lowest BCUT2D eigenvalue weighted by molar-refractivity contribution is -0.142. The fraction of sp³-hybridized carbons (Fsp3) is 0.462. The van der Waals surface area contributed by atoms with Gasteiger partial charge < -0.3 is 15.4 Å². The van der Waals surface area contributed by atoms with Crippen LogP contribution < -0.4 is 10.6 Å². The summed E-state index contributed by atoms with van der Waals surface area (Å²) in [7, 11) is 1.87. The molecule has 0 aliphatic rings. The number of carbonyl (C=O) groups excluding carboxylic acids is 1. The van der Waals surface area contributed by atoms with Gasteiger partial charge in [-0.25, -0.2) is 4.98 Å². The summed E-state index contributed by atoms with van der Waals surface area (Å²) in [5.41, 5.74) is 7.24. The minimum atomic E-state index is -0.212. The van der Waals surface area contributed by atoms with Gasteiger partial charge in [-0.1, -0.05) is 12.2 Å². The zero-order valence-corrected chi connectivity index (χ0v) is 12.3. The SMILES string of the molecule is CCOC(=O)CCN(C)c1cc(C(N)=S)cc(C)n1. The average Bonchev–Trinajstić information content (AvgIpc) is 2.35. The molecule has 5 nitrogen and oxygen atoms in total. The number of hydrogen-bond donors (Lipinski definition) is 1. The van der Waals surface area contributed by atoms with E-state index in [-0.39, 0.29) is 5.97 Å². The number of aromatic nitrogens is 1. The molecule has 6 heteroatoms. The van der Waals surface area contributed by atoms with E-state index in [1.165, 1.54) is 0 Å². The Morgan fingerprint density at radius 2 is 2.21 bits per heavy atom. The van der Waals surface area contributed by atoms with E-state index in [2.05, 4.69) is 4.98 Å². The summed E-state index contributed by atoms with van der Waals surface area (Å²) in [5, 5.41) is 0. The van der Waals surface area contributed by atoms with Crippen molar-refractivity contribution in [1.82, 2.24) is 4.98 Å². The number of pyridine rings is 1. The van der Waals surface area contributed by atoms with Crippen molar-refractivity contribution >= 4 is 29.0 Å². The number of rotatable bonds is 6. The zero-order chi connectivity index (χ0) is 14.4. The minimum Gasteiger partial charge on any atom is -0.466 e. The van der Waals surface area contributed by atoms with Gasteiger partial charge in [-0.3, -0.25) is 4.79 Å². The van der Waals surface area contributed by atoms with Gasteiger partial charge in [-0.15, -0.1) is 0 Å². The summed E-state index contributed by atoms with van der Waals surface area (Å²) < 4.78 is 4.89. The second-order valence-corrected chi connectivity index (χ2v) is 4.64. The van der Waals surface area contributed by atoms with E-state index < -0.39 is 0 Å². The van der Waals surface area contributed by atoms with Crippen LogP contribution in [0.5, 0.6) is 0 Å². The highest BCUT2D eigenvalue weighted by Gasteiger charge is 2.09. The lowest BCUT2D eigenvalue weighted by Gasteiger charge is -2.19. The summed E-state index contributed by atoms with van der Waals surface area (Å²) in [6.07, 6.45) is 0.322. The molecule has 19 heavy (non-hydrogen) atoms. The Labute approximate surface area is 118 Å². The predicted octanol–water partition coefficient (Wildman–Crippen LogP) is 1.41. The Morgan fingerprint density at radius 3 is 2.79 bits per heavy atom. The molecule has 1 heterocycles. The summed E-state index contributed by atoms with van der Waals surface area (Å²) >= 11 is 4.97. The number of carbonyl (C=O) groups is 1. The van der Waals surface area contributed by atoms with Gasteiger partial charge >= 0.3 is 5.97 Å². The number of anilines is 1. The van der Waals surface area contributed by atoms with Crippen LogP contribution in [0.15, 0.2) is 12.1 Å². The molecule has 0 aliphatic carbocycles. The number of aryl methyl sites for hydroxylation is 1. The lowest BCUT2D eigenvalue weighted by Crippen LogP contribution is -2.24. The van der Waals surface area contributed by atoms with E-state index in [4.69, 9.17) is 22.7 Å². The van der Waals surface area contributed by atoms with E-state index >= 15 is 0 Å². The second kappa shape index (κ2) is 7.04. The van der Waals surface area contributed by atoms with E-state index in [0.717, 1.165) is 17.1 Å². The van der Waals surface area contributed by atoms with Gasteiger partial charge in [-0.05, 0) is 26.0 Å². The number of hydrogen-bond acceptors (Lipinski definition) is 5. The molecule has 1 aromatic heterocycles. The average molecular weight is 281 g/mol. The van der Waals surface area contributed by atoms with Gasteiger partial charge in [0.2, 0.25) is 0 Å². The van der Waals surface area contributed by atoms with Crippen LogP contribution in [0.1, 0.15) is 24.6 Å². The molecule has 0 atom stereocenters. The topological polar surface area (TPSA) is 68.5 Å². The molecule has 0 aliphatic heterocycles. The molecule has 1 aromatic rings. The van der Waals surface area contributed by atoms with Crippen LogP contribution in [0.3, 0.4) is 0 Å². The first kappa shape index (κ1) is 15.4. The summed E-state index contributed by atoms with van der Waals surface area (Å²) in [5.74, 6) is 0.531. The normalized spacial score (nSPS) is 10.1. The third-order valence-corrected chi connectivity index (χ3v) is 2.81. The van der Waals surface area contributed by atoms with E-state index in [1.54, 1.807) is 6.92 Å². The first-order valence-corrected chi connectivity index (χ1v) is 6.50. The highest BCUT2D eigenvalue weighted by molar-refractivity contribution is 7.80. The molecule has 0 saturated carbocycles. The van der Waals surface area contributed by atoms with Gasteiger partial charge in [0.15, 0.2) is 0 Å². The first-order chi connectivity index (χ1) is 8.93. The van der Waals surface area contributed by atoms with Crippen molar-refractivity contribution in [3.05, 3.63) is 23.4 Å². The standard InChI is InChI=1S/C13H19N3O2S/c1-4-18-12(17)5-6-16(3)11-8-10(13(14)19)7-9(2)15-11/h7-8H,4-6H2,1-3H3,(H2,14,19). The van der Waals surface area contributed by atoms with Crippen molar-refractivity contribution in [2.45, 2.75) is 20.3 Å². The maximum Gasteiger partial charge on any atom is 0.307 e. The number of nitrogens with two attached hydrogens (primary N) is 1. The fourth-order valence-corrected chi connectivity index (χ4v) is 1.71. The molecule has 0 aromatic carbocycles. The highest BCUT2D eigenvalue weighted by Crippen LogP contribution is 2.14. The monoisotopic (exact) mass is 281 g/mol. The Kier molecular flexibility index (Phi) is 5.69. The van der Waals surface area contributed by atoms with Gasteiger partial charge in [0, 0.05) is 24.8 Å². The van der Waals surface area contributed by atoms with Crippen LogP contribution in [-0.2, 0) is 9.53 Å². The van der Waals surface area contributed by atoms with Crippen molar-refractivity contribution in [3.63, 3.8) is 0 Å². The maximum atomic E-state index is 11.3. The largest absolute Gasteiger partial charge is 0.466 e. The van der Waals surface area contributed by atoms with Crippen LogP contribution in [0.2, 0.25) is 0 Å². The van der Waals surface area contributed by atoms with Crippen LogP contribution in [-0.4, -0.2) is 36.1 Å². The zero-order valence-electron chi connectivity index (χ0n) is 11.5. The Hall–Kier alpha value is -1.69. The number of esters is 1. The Bertz CT molecular complexity index is 477. The van der Waals surface area contributed by atoms with Crippen molar-refractivity contribution in [3.8, 4) is 0 Å². The molecule has 1 rings (SSSR count). The van der Waals surface area contributed by atoms with Crippen molar-refractivity contribution in [2.75, 3.05) is 25.1 Å².